The Bertz CT molecular complexity index is 1050. The summed E-state index contributed by atoms with van der Waals surface area (Å²) in [5.74, 6) is -0.348. The third-order valence-corrected chi connectivity index (χ3v) is 6.21. The Morgan fingerprint density at radius 2 is 1.77 bits per heavy atom. The zero-order chi connectivity index (χ0) is 21.1. The number of carbonyl (C=O) groups is 1. The first-order chi connectivity index (χ1) is 14.7. The number of hydrogen-bond acceptors (Lipinski definition) is 4. The van der Waals surface area contributed by atoms with Gasteiger partial charge in [-0.3, -0.25) is 14.7 Å². The summed E-state index contributed by atoms with van der Waals surface area (Å²) >= 11 is 0. The number of amides is 1. The number of carbonyl (C=O) groups excluding carboxylic acids is 1. The van der Waals surface area contributed by atoms with E-state index in [2.05, 4.69) is 54.4 Å². The minimum atomic E-state index is -0.348. The number of nitrogens with zero attached hydrogens (tertiary/aromatic N) is 2. The molecular formula is C25H30N4O. The fraction of sp³-hybridized carbons (Fsp3) is 0.360. The molecule has 3 aromatic rings. The van der Waals surface area contributed by atoms with Gasteiger partial charge in [-0.2, -0.15) is 0 Å². The SMILES string of the molecule is CCc1c(C(N)=O)ccc(C(c2cccc3cccnc23)N2CCNCC2)c1CC. The van der Waals surface area contributed by atoms with Gasteiger partial charge in [0, 0.05) is 48.9 Å². The predicted octanol–water partition coefficient (Wildman–Crippen LogP) is 3.45. The van der Waals surface area contributed by atoms with Crippen molar-refractivity contribution in [2.24, 2.45) is 5.73 Å². The molecule has 1 amide bonds. The molecule has 0 spiro atoms. The molecule has 1 fully saturated rings. The first kappa shape index (κ1) is 20.5. The van der Waals surface area contributed by atoms with Gasteiger partial charge in [0.05, 0.1) is 11.6 Å². The smallest absolute Gasteiger partial charge is 0.248 e. The maximum atomic E-state index is 12.1. The maximum Gasteiger partial charge on any atom is 0.248 e. The van der Waals surface area contributed by atoms with Crippen molar-refractivity contribution in [2.75, 3.05) is 26.2 Å². The van der Waals surface area contributed by atoms with Gasteiger partial charge in [-0.15, -0.1) is 0 Å². The molecule has 30 heavy (non-hydrogen) atoms. The minimum absolute atomic E-state index is 0.0906. The van der Waals surface area contributed by atoms with E-state index in [0.717, 1.165) is 55.5 Å². The lowest BCUT2D eigenvalue weighted by Crippen LogP contribution is -2.45. The Kier molecular flexibility index (Phi) is 6.11. The van der Waals surface area contributed by atoms with Gasteiger partial charge in [0.1, 0.15) is 0 Å². The van der Waals surface area contributed by atoms with Crippen LogP contribution in [0.3, 0.4) is 0 Å². The maximum absolute atomic E-state index is 12.1. The second-order valence-electron chi connectivity index (χ2n) is 7.84. The van der Waals surface area contributed by atoms with Gasteiger partial charge in [-0.25, -0.2) is 0 Å². The fourth-order valence-corrected chi connectivity index (χ4v) is 4.87. The molecule has 0 aliphatic carbocycles. The predicted molar refractivity (Wildman–Crippen MR) is 122 cm³/mol. The number of rotatable bonds is 6. The van der Waals surface area contributed by atoms with Crippen LogP contribution in [-0.2, 0) is 12.8 Å². The molecule has 1 unspecified atom stereocenters. The number of para-hydroxylation sites is 1. The van der Waals surface area contributed by atoms with Crippen molar-refractivity contribution < 1.29 is 4.79 Å². The molecule has 0 bridgehead atoms. The summed E-state index contributed by atoms with van der Waals surface area (Å²) in [6, 6.07) is 14.7. The molecule has 1 aliphatic heterocycles. The number of fused-ring (bicyclic) bond motifs is 1. The highest BCUT2D eigenvalue weighted by Crippen LogP contribution is 2.37. The number of hydrogen-bond donors (Lipinski definition) is 2. The summed E-state index contributed by atoms with van der Waals surface area (Å²) in [5.41, 5.74) is 12.2. The number of nitrogens with two attached hydrogens (primary N) is 1. The molecule has 1 aliphatic rings. The zero-order valence-electron chi connectivity index (χ0n) is 17.8. The number of pyridine rings is 1. The average Bonchev–Trinajstić information content (AvgIpc) is 2.79. The van der Waals surface area contributed by atoms with E-state index in [0.29, 0.717) is 5.56 Å². The summed E-state index contributed by atoms with van der Waals surface area (Å²) in [4.78, 5) is 19.4. The van der Waals surface area contributed by atoms with Crippen molar-refractivity contribution in [3.05, 3.63) is 76.5 Å². The Morgan fingerprint density at radius 1 is 1.03 bits per heavy atom. The molecule has 2 aromatic carbocycles. The van der Waals surface area contributed by atoms with Crippen LogP contribution in [0.15, 0.2) is 48.7 Å². The van der Waals surface area contributed by atoms with Crippen molar-refractivity contribution in [2.45, 2.75) is 32.7 Å². The standard InChI is InChI=1S/C25H30N4O/c1-3-18-19(4-2)21(25(26)30)11-10-20(18)24(29-15-13-27-14-16-29)22-9-5-7-17-8-6-12-28-23(17)22/h5-12,24,27H,3-4,13-16H2,1-2H3,(H2,26,30). The van der Waals surface area contributed by atoms with E-state index in [9.17, 15) is 4.79 Å². The average molecular weight is 403 g/mol. The van der Waals surface area contributed by atoms with Crippen LogP contribution in [0.25, 0.3) is 10.9 Å². The van der Waals surface area contributed by atoms with Crippen LogP contribution in [0, 0.1) is 0 Å². The third-order valence-electron chi connectivity index (χ3n) is 6.21. The van der Waals surface area contributed by atoms with E-state index in [1.807, 2.05) is 18.3 Å². The number of nitrogens with one attached hydrogen (secondary N) is 1. The molecule has 1 saturated heterocycles. The number of aromatic nitrogens is 1. The van der Waals surface area contributed by atoms with Crippen molar-refractivity contribution >= 4 is 16.8 Å². The number of piperazine rings is 1. The van der Waals surface area contributed by atoms with Crippen LogP contribution in [0.1, 0.15) is 52.5 Å². The van der Waals surface area contributed by atoms with Crippen LogP contribution in [0.4, 0.5) is 0 Å². The Morgan fingerprint density at radius 3 is 2.47 bits per heavy atom. The highest BCUT2D eigenvalue weighted by Gasteiger charge is 2.29. The summed E-state index contributed by atoms with van der Waals surface area (Å²) in [5, 5.41) is 4.62. The normalized spacial score (nSPS) is 15.9. The first-order valence-electron chi connectivity index (χ1n) is 10.9. The zero-order valence-corrected chi connectivity index (χ0v) is 17.8. The molecule has 1 aromatic heterocycles. The second-order valence-corrected chi connectivity index (χ2v) is 7.84. The van der Waals surface area contributed by atoms with Crippen LogP contribution in [0.5, 0.6) is 0 Å². The first-order valence-corrected chi connectivity index (χ1v) is 10.9. The molecule has 2 heterocycles. The number of primary amides is 1. The summed E-state index contributed by atoms with van der Waals surface area (Å²) in [7, 11) is 0. The molecule has 5 heteroatoms. The van der Waals surface area contributed by atoms with E-state index in [4.69, 9.17) is 10.7 Å². The summed E-state index contributed by atoms with van der Waals surface area (Å²) in [6.45, 7) is 8.14. The van der Waals surface area contributed by atoms with Crippen molar-refractivity contribution in [3.63, 3.8) is 0 Å². The number of benzene rings is 2. The van der Waals surface area contributed by atoms with Gasteiger partial charge in [-0.05, 0) is 41.7 Å². The largest absolute Gasteiger partial charge is 0.366 e. The highest BCUT2D eigenvalue weighted by atomic mass is 16.1. The van der Waals surface area contributed by atoms with E-state index in [-0.39, 0.29) is 11.9 Å². The quantitative estimate of drug-likeness (QED) is 0.662. The molecule has 156 valence electrons. The van der Waals surface area contributed by atoms with Crippen molar-refractivity contribution in [1.82, 2.24) is 15.2 Å². The van der Waals surface area contributed by atoms with Crippen LogP contribution in [-0.4, -0.2) is 42.0 Å². The Labute approximate surface area is 178 Å². The molecule has 1 atom stereocenters. The van der Waals surface area contributed by atoms with Crippen LogP contribution >= 0.6 is 0 Å². The Hall–Kier alpha value is -2.76. The Balaban J connectivity index is 1.96. The monoisotopic (exact) mass is 402 g/mol. The fourth-order valence-electron chi connectivity index (χ4n) is 4.87. The van der Waals surface area contributed by atoms with Gasteiger partial charge < -0.3 is 11.1 Å². The molecule has 3 N–H and O–H groups in total. The molecule has 0 saturated carbocycles. The highest BCUT2D eigenvalue weighted by molar-refractivity contribution is 5.95. The van der Waals surface area contributed by atoms with Gasteiger partial charge in [-0.1, -0.05) is 44.2 Å². The molecule has 4 rings (SSSR count). The molecular weight excluding hydrogens is 372 g/mol. The second kappa shape index (κ2) is 8.94. The van der Waals surface area contributed by atoms with Gasteiger partial charge in [0.25, 0.3) is 0 Å². The van der Waals surface area contributed by atoms with E-state index < -0.39 is 0 Å². The van der Waals surface area contributed by atoms with Gasteiger partial charge >= 0.3 is 0 Å². The van der Waals surface area contributed by atoms with E-state index >= 15 is 0 Å². The van der Waals surface area contributed by atoms with Gasteiger partial charge in [0.2, 0.25) is 5.91 Å². The lowest BCUT2D eigenvalue weighted by atomic mass is 9.85. The van der Waals surface area contributed by atoms with Crippen molar-refractivity contribution in [3.8, 4) is 0 Å². The van der Waals surface area contributed by atoms with E-state index in [1.165, 1.54) is 16.7 Å². The van der Waals surface area contributed by atoms with Crippen LogP contribution in [0.2, 0.25) is 0 Å². The molecule has 5 nitrogen and oxygen atoms in total. The van der Waals surface area contributed by atoms with Gasteiger partial charge in [0.15, 0.2) is 0 Å². The summed E-state index contributed by atoms with van der Waals surface area (Å²) in [6.07, 6.45) is 3.52. The lowest BCUT2D eigenvalue weighted by molar-refractivity contribution is 0.0999. The topological polar surface area (TPSA) is 71.2 Å². The molecule has 0 radical (unpaired) electrons. The lowest BCUT2D eigenvalue weighted by Gasteiger charge is -2.37. The van der Waals surface area contributed by atoms with Crippen LogP contribution < -0.4 is 11.1 Å². The minimum Gasteiger partial charge on any atom is -0.366 e. The van der Waals surface area contributed by atoms with Crippen molar-refractivity contribution in [1.29, 1.82) is 0 Å². The third kappa shape index (κ3) is 3.71. The van der Waals surface area contributed by atoms with E-state index in [1.54, 1.807) is 0 Å². The summed E-state index contributed by atoms with van der Waals surface area (Å²) < 4.78 is 0.